The van der Waals surface area contributed by atoms with Crippen LogP contribution in [-0.4, -0.2) is 19.6 Å². The number of nitrogens with one attached hydrogen (secondary N) is 1. The number of amides is 1. The molecule has 1 amide bonds. The highest BCUT2D eigenvalue weighted by atomic mass is 19.1. The van der Waals surface area contributed by atoms with Crippen molar-refractivity contribution in [3.63, 3.8) is 0 Å². The maximum Gasteiger partial charge on any atom is 0.223 e. The molecule has 2 aromatic rings. The van der Waals surface area contributed by atoms with E-state index in [2.05, 4.69) is 5.32 Å². The summed E-state index contributed by atoms with van der Waals surface area (Å²) in [6, 6.07) is 9.83. The third-order valence-corrected chi connectivity index (χ3v) is 3.46. The Morgan fingerprint density at radius 3 is 2.54 bits per heavy atom. The van der Waals surface area contributed by atoms with Crippen molar-refractivity contribution in [2.24, 2.45) is 0 Å². The van der Waals surface area contributed by atoms with Crippen LogP contribution in [0.4, 0.5) is 8.78 Å². The maximum atomic E-state index is 13.7. The highest BCUT2D eigenvalue weighted by Gasteiger charge is 2.14. The van der Waals surface area contributed by atoms with Crippen LogP contribution in [0.5, 0.6) is 11.5 Å². The molecular formula is C18H19F2NO3. The Morgan fingerprint density at radius 1 is 1.17 bits per heavy atom. The van der Waals surface area contributed by atoms with Gasteiger partial charge in [-0.3, -0.25) is 4.79 Å². The zero-order valence-corrected chi connectivity index (χ0v) is 13.5. The number of halogens is 2. The Kier molecular flexibility index (Phi) is 6.12. The molecule has 0 aliphatic carbocycles. The van der Waals surface area contributed by atoms with Crippen LogP contribution in [0, 0.1) is 11.6 Å². The molecule has 0 spiro atoms. The number of hydrogen-bond acceptors (Lipinski definition) is 3. The van der Waals surface area contributed by atoms with Crippen molar-refractivity contribution in [1.82, 2.24) is 5.32 Å². The average molecular weight is 335 g/mol. The number of rotatable bonds is 7. The summed E-state index contributed by atoms with van der Waals surface area (Å²) in [4.78, 5) is 11.9. The summed E-state index contributed by atoms with van der Waals surface area (Å²) in [6.45, 7) is 1.79. The average Bonchev–Trinajstić information content (AvgIpc) is 2.55. The fourth-order valence-electron chi connectivity index (χ4n) is 2.24. The molecule has 6 heteroatoms. The number of carbonyl (C=O) groups excluding carboxylic acids is 1. The predicted octanol–water partition coefficient (Wildman–Crippen LogP) is 3.62. The highest BCUT2D eigenvalue weighted by Crippen LogP contribution is 2.25. The van der Waals surface area contributed by atoms with Crippen molar-refractivity contribution >= 4 is 5.91 Å². The number of benzene rings is 2. The number of para-hydroxylation sites is 2. The lowest BCUT2D eigenvalue weighted by atomic mass is 10.1. The van der Waals surface area contributed by atoms with Gasteiger partial charge in [0.15, 0.2) is 11.5 Å². The van der Waals surface area contributed by atoms with Crippen molar-refractivity contribution in [2.45, 2.75) is 19.4 Å². The zero-order chi connectivity index (χ0) is 17.5. The van der Waals surface area contributed by atoms with Crippen LogP contribution in [0.25, 0.3) is 0 Å². The fourth-order valence-corrected chi connectivity index (χ4v) is 2.24. The lowest BCUT2D eigenvalue weighted by Gasteiger charge is -2.15. The van der Waals surface area contributed by atoms with Crippen LogP contribution >= 0.6 is 0 Å². The molecule has 0 aliphatic heterocycles. The van der Waals surface area contributed by atoms with Gasteiger partial charge < -0.3 is 14.8 Å². The van der Waals surface area contributed by atoms with Gasteiger partial charge in [-0.1, -0.05) is 18.2 Å². The van der Waals surface area contributed by atoms with E-state index in [4.69, 9.17) is 9.47 Å². The molecule has 0 fully saturated rings. The van der Waals surface area contributed by atoms with E-state index in [1.807, 2.05) is 6.07 Å². The van der Waals surface area contributed by atoms with Gasteiger partial charge >= 0.3 is 0 Å². The Hall–Kier alpha value is -2.63. The van der Waals surface area contributed by atoms with Crippen molar-refractivity contribution in [3.05, 3.63) is 59.7 Å². The molecule has 0 aliphatic rings. The lowest BCUT2D eigenvalue weighted by molar-refractivity contribution is -0.122. The van der Waals surface area contributed by atoms with E-state index in [0.29, 0.717) is 11.5 Å². The Morgan fingerprint density at radius 2 is 1.88 bits per heavy atom. The van der Waals surface area contributed by atoms with E-state index in [1.54, 1.807) is 25.1 Å². The third-order valence-electron chi connectivity index (χ3n) is 3.46. The lowest BCUT2D eigenvalue weighted by Crippen LogP contribution is -2.28. The molecule has 2 aromatic carbocycles. The monoisotopic (exact) mass is 335 g/mol. The first-order valence-corrected chi connectivity index (χ1v) is 7.51. The largest absolute Gasteiger partial charge is 0.493 e. The second kappa shape index (κ2) is 8.29. The van der Waals surface area contributed by atoms with Gasteiger partial charge in [-0.2, -0.15) is 0 Å². The van der Waals surface area contributed by atoms with E-state index in [1.165, 1.54) is 13.2 Å². The minimum Gasteiger partial charge on any atom is -0.493 e. The molecule has 128 valence electrons. The molecule has 24 heavy (non-hydrogen) atoms. The topological polar surface area (TPSA) is 47.6 Å². The van der Waals surface area contributed by atoms with Gasteiger partial charge in [-0.05, 0) is 25.1 Å². The fraction of sp³-hybridized carbons (Fsp3) is 0.278. The molecule has 2 rings (SSSR count). The van der Waals surface area contributed by atoms with E-state index < -0.39 is 17.7 Å². The molecule has 0 bridgehead atoms. The summed E-state index contributed by atoms with van der Waals surface area (Å²) in [5.74, 6) is -0.501. The number of methoxy groups -OCH3 is 1. The molecule has 1 atom stereocenters. The third kappa shape index (κ3) is 4.68. The molecule has 0 aromatic heterocycles. The van der Waals surface area contributed by atoms with Gasteiger partial charge in [-0.25, -0.2) is 8.78 Å². The van der Waals surface area contributed by atoms with Crippen LogP contribution in [0.3, 0.4) is 0 Å². The van der Waals surface area contributed by atoms with Crippen LogP contribution in [-0.2, 0) is 4.79 Å². The van der Waals surface area contributed by atoms with Gasteiger partial charge in [0.2, 0.25) is 5.91 Å². The van der Waals surface area contributed by atoms with E-state index >= 15 is 0 Å². The molecule has 0 saturated heterocycles. The summed E-state index contributed by atoms with van der Waals surface area (Å²) in [5.41, 5.74) is 0.232. The first-order valence-electron chi connectivity index (χ1n) is 7.51. The van der Waals surface area contributed by atoms with Gasteiger partial charge in [0.1, 0.15) is 11.6 Å². The van der Waals surface area contributed by atoms with Crippen LogP contribution in [0.1, 0.15) is 24.9 Å². The summed E-state index contributed by atoms with van der Waals surface area (Å²) in [5, 5.41) is 2.66. The molecule has 0 radical (unpaired) electrons. The summed E-state index contributed by atoms with van der Waals surface area (Å²) in [7, 11) is 1.54. The molecule has 1 unspecified atom stereocenters. The second-order valence-electron chi connectivity index (χ2n) is 5.20. The van der Waals surface area contributed by atoms with E-state index in [-0.39, 0.29) is 24.5 Å². The molecule has 1 N–H and O–H groups in total. The maximum absolute atomic E-state index is 13.7. The van der Waals surface area contributed by atoms with Gasteiger partial charge in [0.05, 0.1) is 26.2 Å². The molecule has 0 saturated carbocycles. The first kappa shape index (κ1) is 17.7. The van der Waals surface area contributed by atoms with Crippen LogP contribution < -0.4 is 14.8 Å². The van der Waals surface area contributed by atoms with Crippen molar-refractivity contribution in [1.29, 1.82) is 0 Å². The molecular weight excluding hydrogens is 316 g/mol. The minimum absolute atomic E-state index is 0.102. The quantitative estimate of drug-likeness (QED) is 0.841. The normalized spacial score (nSPS) is 11.7. The Bertz CT molecular complexity index is 706. The van der Waals surface area contributed by atoms with Crippen molar-refractivity contribution in [3.8, 4) is 11.5 Å². The van der Waals surface area contributed by atoms with Crippen LogP contribution in [0.15, 0.2) is 42.5 Å². The SMILES string of the molecule is COc1ccccc1OCCC(=O)NC(C)c1ccc(F)cc1F. The highest BCUT2D eigenvalue weighted by molar-refractivity contribution is 5.76. The Labute approximate surface area is 139 Å². The minimum atomic E-state index is -0.687. The second-order valence-corrected chi connectivity index (χ2v) is 5.20. The van der Waals surface area contributed by atoms with Gasteiger partial charge in [0.25, 0.3) is 0 Å². The summed E-state index contributed by atoms with van der Waals surface area (Å²) >= 11 is 0. The van der Waals surface area contributed by atoms with Gasteiger partial charge in [0, 0.05) is 11.6 Å². The number of carbonyl (C=O) groups is 1. The predicted molar refractivity (Wildman–Crippen MR) is 86.0 cm³/mol. The zero-order valence-electron chi connectivity index (χ0n) is 13.5. The van der Waals surface area contributed by atoms with Crippen LogP contribution in [0.2, 0.25) is 0 Å². The smallest absolute Gasteiger partial charge is 0.223 e. The standard InChI is InChI=1S/C18H19F2NO3/c1-12(14-8-7-13(19)11-15(14)20)21-18(22)9-10-24-17-6-4-3-5-16(17)23-2/h3-8,11-12H,9-10H2,1-2H3,(H,21,22). The molecule has 0 heterocycles. The Balaban J connectivity index is 1.84. The van der Waals surface area contributed by atoms with E-state index in [0.717, 1.165) is 12.1 Å². The van der Waals surface area contributed by atoms with E-state index in [9.17, 15) is 13.6 Å². The molecule has 4 nitrogen and oxygen atoms in total. The first-order chi connectivity index (χ1) is 11.5. The van der Waals surface area contributed by atoms with Gasteiger partial charge in [-0.15, -0.1) is 0 Å². The number of hydrogen-bond donors (Lipinski definition) is 1. The van der Waals surface area contributed by atoms with Crippen molar-refractivity contribution < 1.29 is 23.0 Å². The summed E-state index contributed by atoms with van der Waals surface area (Å²) in [6.07, 6.45) is 0.102. The summed E-state index contributed by atoms with van der Waals surface area (Å²) < 4.78 is 37.3. The van der Waals surface area contributed by atoms with Crippen molar-refractivity contribution in [2.75, 3.05) is 13.7 Å². The number of ether oxygens (including phenoxy) is 2.